The van der Waals surface area contributed by atoms with Gasteiger partial charge in [0.15, 0.2) is 0 Å². The highest BCUT2D eigenvalue weighted by atomic mass is 32.2. The molecule has 5 N–H and O–H groups in total. The second-order valence-electron chi connectivity index (χ2n) is 10.7. The van der Waals surface area contributed by atoms with Gasteiger partial charge in [-0.3, -0.25) is 14.4 Å². The number of thioether (sulfide) groups is 1. The molecule has 0 saturated carbocycles. The molecule has 0 saturated heterocycles. The molecule has 12 heteroatoms. The van der Waals surface area contributed by atoms with Crippen LogP contribution in [0.4, 0.5) is 11.4 Å². The van der Waals surface area contributed by atoms with Gasteiger partial charge in [-0.15, -0.1) is 0 Å². The molecule has 0 unspecified atom stereocenters. The average molecular weight is 629 g/mol. The molecule has 2 rings (SSSR count). The van der Waals surface area contributed by atoms with Crippen molar-refractivity contribution >= 4 is 52.8 Å². The Morgan fingerprint density at radius 1 is 0.955 bits per heavy atom. The van der Waals surface area contributed by atoms with E-state index in [1.165, 1.54) is 20.1 Å². The van der Waals surface area contributed by atoms with Crippen LogP contribution in [0.2, 0.25) is 0 Å². The molecule has 240 valence electrons. The second-order valence-corrected chi connectivity index (χ2v) is 11.7. The molecule has 11 nitrogen and oxygen atoms in total. The number of benzene rings is 2. The van der Waals surface area contributed by atoms with E-state index in [0.717, 1.165) is 16.8 Å². The van der Waals surface area contributed by atoms with Crippen molar-refractivity contribution in [2.24, 2.45) is 0 Å². The number of para-hydroxylation sites is 1. The van der Waals surface area contributed by atoms with Crippen molar-refractivity contribution in [1.82, 2.24) is 16.0 Å². The zero-order valence-corrected chi connectivity index (χ0v) is 26.8. The molecule has 0 aliphatic heterocycles. The van der Waals surface area contributed by atoms with Crippen LogP contribution in [0.1, 0.15) is 73.9 Å². The first-order valence-corrected chi connectivity index (χ1v) is 16.0. The quantitative estimate of drug-likeness (QED) is 0.121. The summed E-state index contributed by atoms with van der Waals surface area (Å²) in [5.41, 5.74) is 3.15. The Balaban J connectivity index is 1.99. The predicted molar refractivity (Wildman–Crippen MR) is 172 cm³/mol. The van der Waals surface area contributed by atoms with Crippen LogP contribution in [-0.4, -0.2) is 72.5 Å². The zero-order chi connectivity index (χ0) is 32.6. The van der Waals surface area contributed by atoms with Gasteiger partial charge in [0, 0.05) is 32.0 Å². The van der Waals surface area contributed by atoms with E-state index in [2.05, 4.69) is 21.3 Å². The molecule has 2 aromatic carbocycles. The van der Waals surface area contributed by atoms with E-state index in [-0.39, 0.29) is 42.0 Å². The van der Waals surface area contributed by atoms with E-state index >= 15 is 0 Å². The largest absolute Gasteiger partial charge is 0.478 e. The van der Waals surface area contributed by atoms with E-state index in [0.29, 0.717) is 37.2 Å². The highest BCUT2D eigenvalue weighted by Crippen LogP contribution is 2.30. The van der Waals surface area contributed by atoms with Crippen molar-refractivity contribution in [3.8, 4) is 0 Å². The van der Waals surface area contributed by atoms with Crippen molar-refractivity contribution in [3.05, 3.63) is 59.2 Å². The van der Waals surface area contributed by atoms with Crippen LogP contribution >= 0.6 is 11.8 Å². The number of carbonyl (C=O) groups is 5. The van der Waals surface area contributed by atoms with Gasteiger partial charge in [-0.2, -0.15) is 11.8 Å². The van der Waals surface area contributed by atoms with Gasteiger partial charge >= 0.3 is 11.9 Å². The summed E-state index contributed by atoms with van der Waals surface area (Å²) in [6.45, 7) is 5.71. The maximum atomic E-state index is 13.0. The molecule has 0 spiro atoms. The van der Waals surface area contributed by atoms with E-state index in [1.54, 1.807) is 30.0 Å². The van der Waals surface area contributed by atoms with Crippen LogP contribution in [0.25, 0.3) is 0 Å². The van der Waals surface area contributed by atoms with Crippen LogP contribution < -0.4 is 21.3 Å². The number of hydrogen-bond acceptors (Lipinski definition) is 8. The van der Waals surface area contributed by atoms with Crippen molar-refractivity contribution in [2.75, 3.05) is 31.0 Å². The van der Waals surface area contributed by atoms with Crippen molar-refractivity contribution in [2.45, 2.75) is 70.9 Å². The summed E-state index contributed by atoms with van der Waals surface area (Å²) in [7, 11) is 1.29. The summed E-state index contributed by atoms with van der Waals surface area (Å²) in [5, 5.41) is 21.1. The Hall–Kier alpha value is -4.06. The van der Waals surface area contributed by atoms with Crippen LogP contribution in [0.5, 0.6) is 0 Å². The highest BCUT2D eigenvalue weighted by molar-refractivity contribution is 7.98. The van der Waals surface area contributed by atoms with Crippen LogP contribution in [0, 0.1) is 0 Å². The Morgan fingerprint density at radius 3 is 2.32 bits per heavy atom. The summed E-state index contributed by atoms with van der Waals surface area (Å²) in [5.74, 6) is -1.63. The van der Waals surface area contributed by atoms with E-state index in [4.69, 9.17) is 4.74 Å². The first-order chi connectivity index (χ1) is 21.0. The fourth-order valence-electron chi connectivity index (χ4n) is 4.58. The number of aromatic carboxylic acids is 1. The molecule has 0 heterocycles. The van der Waals surface area contributed by atoms with Crippen LogP contribution in [0.3, 0.4) is 0 Å². The number of esters is 1. The third-order valence-electron chi connectivity index (χ3n) is 6.86. The number of amides is 3. The summed E-state index contributed by atoms with van der Waals surface area (Å²) >= 11 is 1.58. The Morgan fingerprint density at radius 2 is 1.68 bits per heavy atom. The fraction of sp³-hybridized carbons (Fsp3) is 0.469. The first-order valence-electron chi connectivity index (χ1n) is 14.6. The Labute approximate surface area is 263 Å². The molecule has 2 aromatic rings. The number of unbranched alkanes of at least 4 members (excludes halogenated alkanes) is 1. The van der Waals surface area contributed by atoms with Gasteiger partial charge in [0.25, 0.3) is 0 Å². The van der Waals surface area contributed by atoms with Gasteiger partial charge < -0.3 is 31.1 Å². The van der Waals surface area contributed by atoms with Gasteiger partial charge in [-0.05, 0) is 66.5 Å². The monoisotopic (exact) mass is 628 g/mol. The lowest BCUT2D eigenvalue weighted by Gasteiger charge is -2.21. The topological polar surface area (TPSA) is 163 Å². The molecular weight excluding hydrogens is 584 g/mol. The van der Waals surface area contributed by atoms with E-state index < -0.39 is 24.0 Å². The lowest BCUT2D eigenvalue weighted by Crippen LogP contribution is -2.47. The summed E-state index contributed by atoms with van der Waals surface area (Å²) < 4.78 is 4.77. The molecule has 44 heavy (non-hydrogen) atoms. The normalized spacial score (nSPS) is 12.1. The molecule has 0 radical (unpaired) electrons. The number of carboxylic acid groups (broad SMARTS) is 1. The number of rotatable bonds is 18. The Bertz CT molecular complexity index is 1300. The number of anilines is 2. The first kappa shape index (κ1) is 36.1. The van der Waals surface area contributed by atoms with Crippen molar-refractivity contribution in [1.29, 1.82) is 0 Å². The summed E-state index contributed by atoms with van der Waals surface area (Å²) in [6.07, 6.45) is 3.90. The van der Waals surface area contributed by atoms with Gasteiger partial charge in [-0.25, -0.2) is 9.59 Å². The molecule has 0 aliphatic carbocycles. The number of ether oxygens (including phenoxy) is 1. The van der Waals surface area contributed by atoms with E-state index in [1.807, 2.05) is 38.3 Å². The summed E-state index contributed by atoms with van der Waals surface area (Å²) in [4.78, 5) is 60.8. The third-order valence-corrected chi connectivity index (χ3v) is 7.50. The standard InChI is InChI=1S/C32H44N4O7S/c1-20(2)24-18-22(13-14-26(24)35-25-11-7-6-10-23(25)31(40)41)19-28(34-21(3)37)30(39)33-16-9-8-12-29(38)36-27(15-17-44-5)32(42)43-4/h6-7,10-11,13-14,18,20,27-28,35H,8-9,12,15-17,19H2,1-5H3,(H,33,39)(H,34,37)(H,36,38)(H,40,41)/t27-,28-/m0/s1. The summed E-state index contributed by atoms with van der Waals surface area (Å²) in [6, 6.07) is 10.8. The lowest BCUT2D eigenvalue weighted by molar-refractivity contribution is -0.145. The van der Waals surface area contributed by atoms with Crippen molar-refractivity contribution in [3.63, 3.8) is 0 Å². The van der Waals surface area contributed by atoms with Gasteiger partial charge in [-0.1, -0.05) is 38.1 Å². The maximum Gasteiger partial charge on any atom is 0.337 e. The van der Waals surface area contributed by atoms with Gasteiger partial charge in [0.2, 0.25) is 17.7 Å². The van der Waals surface area contributed by atoms with Crippen LogP contribution in [0.15, 0.2) is 42.5 Å². The Kier molecular flexibility index (Phi) is 15.2. The highest BCUT2D eigenvalue weighted by Gasteiger charge is 2.22. The molecule has 0 aromatic heterocycles. The molecule has 0 fully saturated rings. The van der Waals surface area contributed by atoms with Gasteiger partial charge in [0.05, 0.1) is 18.4 Å². The van der Waals surface area contributed by atoms with E-state index in [9.17, 15) is 29.1 Å². The van der Waals surface area contributed by atoms with Gasteiger partial charge in [0.1, 0.15) is 12.1 Å². The lowest BCUT2D eigenvalue weighted by atomic mass is 9.95. The second kappa shape index (κ2) is 18.6. The number of methoxy groups -OCH3 is 1. The fourth-order valence-corrected chi connectivity index (χ4v) is 5.05. The molecule has 3 amide bonds. The van der Waals surface area contributed by atoms with Crippen LogP contribution in [-0.2, 0) is 30.3 Å². The SMILES string of the molecule is COC(=O)[C@H](CCSC)NC(=O)CCCCNC(=O)[C@H](Cc1ccc(Nc2ccccc2C(=O)O)c(C(C)C)c1)NC(C)=O. The predicted octanol–water partition coefficient (Wildman–Crippen LogP) is 4.00. The zero-order valence-electron chi connectivity index (χ0n) is 26.0. The number of nitrogens with one attached hydrogen (secondary N) is 4. The minimum Gasteiger partial charge on any atom is -0.478 e. The smallest absolute Gasteiger partial charge is 0.337 e. The maximum absolute atomic E-state index is 13.0. The minimum absolute atomic E-state index is 0.0908. The van der Waals surface area contributed by atoms with Crippen molar-refractivity contribution < 1.29 is 33.8 Å². The molecule has 2 atom stereocenters. The number of carboxylic acids is 1. The minimum atomic E-state index is -1.03. The number of hydrogen-bond donors (Lipinski definition) is 5. The average Bonchev–Trinajstić information content (AvgIpc) is 2.98. The molecule has 0 bridgehead atoms. The molecule has 0 aliphatic rings. The molecular formula is C32H44N4O7S. The third kappa shape index (κ3) is 11.9. The number of carbonyl (C=O) groups excluding carboxylic acids is 4.